The van der Waals surface area contributed by atoms with Crippen molar-refractivity contribution in [3.05, 3.63) is 41.5 Å². The molecule has 1 aliphatic heterocycles. The Bertz CT molecular complexity index is 573. The highest BCUT2D eigenvalue weighted by Crippen LogP contribution is 2.08. The lowest BCUT2D eigenvalue weighted by atomic mass is 10.1. The predicted octanol–water partition coefficient (Wildman–Crippen LogP) is 1.68. The van der Waals surface area contributed by atoms with Gasteiger partial charge in [-0.3, -0.25) is 14.5 Å². The molecule has 1 heterocycles. The summed E-state index contributed by atoms with van der Waals surface area (Å²) in [5, 5.41) is 2.80. The quantitative estimate of drug-likeness (QED) is 0.864. The van der Waals surface area contributed by atoms with Gasteiger partial charge < -0.3 is 10.2 Å². The molecule has 2 rings (SSSR count). The number of carbonyl (C=O) groups is 2. The molecule has 2 amide bonds. The van der Waals surface area contributed by atoms with Gasteiger partial charge in [-0.15, -0.1) is 0 Å². The molecule has 1 aliphatic rings. The number of aryl methyl sites for hydroxylation is 1. The number of hydrogen-bond donors (Lipinski definition) is 1. The zero-order valence-electron chi connectivity index (χ0n) is 14.6. The standard InChI is InChI=1S/C19H27N3O2/c1-3-20-18(23)15-21-11-13-22(14-12-21)19(24)6-4-5-17-9-7-16(2)8-10-17/h4-5,7-10H,3,6,11-15H2,1-2H3,(H,20,23). The Morgan fingerprint density at radius 3 is 2.42 bits per heavy atom. The van der Waals surface area contributed by atoms with Crippen LogP contribution in [0.2, 0.25) is 0 Å². The van der Waals surface area contributed by atoms with Crippen molar-refractivity contribution in [2.45, 2.75) is 20.3 Å². The fourth-order valence-electron chi connectivity index (χ4n) is 2.71. The molecule has 0 saturated carbocycles. The molecule has 1 N–H and O–H groups in total. The molecule has 24 heavy (non-hydrogen) atoms. The molecule has 5 nitrogen and oxygen atoms in total. The van der Waals surface area contributed by atoms with E-state index >= 15 is 0 Å². The van der Waals surface area contributed by atoms with Crippen LogP contribution in [0.25, 0.3) is 6.08 Å². The summed E-state index contributed by atoms with van der Waals surface area (Å²) in [4.78, 5) is 27.8. The maximum atomic E-state index is 12.3. The summed E-state index contributed by atoms with van der Waals surface area (Å²) in [5.74, 6) is 0.203. The van der Waals surface area contributed by atoms with Crippen LogP contribution in [-0.2, 0) is 9.59 Å². The average molecular weight is 329 g/mol. The number of rotatable bonds is 6. The van der Waals surface area contributed by atoms with Gasteiger partial charge in [0.05, 0.1) is 6.54 Å². The number of benzene rings is 1. The van der Waals surface area contributed by atoms with Crippen LogP contribution in [0.3, 0.4) is 0 Å². The van der Waals surface area contributed by atoms with Gasteiger partial charge in [0.1, 0.15) is 0 Å². The summed E-state index contributed by atoms with van der Waals surface area (Å²) in [6.07, 6.45) is 4.33. The van der Waals surface area contributed by atoms with E-state index in [0.717, 1.165) is 18.7 Å². The van der Waals surface area contributed by atoms with Crippen LogP contribution in [0.15, 0.2) is 30.3 Å². The van der Waals surface area contributed by atoms with E-state index in [1.165, 1.54) is 5.56 Å². The maximum absolute atomic E-state index is 12.3. The summed E-state index contributed by atoms with van der Waals surface area (Å²) >= 11 is 0. The number of nitrogens with zero attached hydrogens (tertiary/aromatic N) is 2. The molecule has 0 aliphatic carbocycles. The van der Waals surface area contributed by atoms with Gasteiger partial charge in [-0.05, 0) is 19.4 Å². The third-order valence-corrected chi connectivity index (χ3v) is 4.15. The second-order valence-electron chi connectivity index (χ2n) is 6.13. The van der Waals surface area contributed by atoms with Crippen molar-refractivity contribution in [2.75, 3.05) is 39.3 Å². The van der Waals surface area contributed by atoms with Gasteiger partial charge in [-0.2, -0.15) is 0 Å². The summed E-state index contributed by atoms with van der Waals surface area (Å²) < 4.78 is 0. The first kappa shape index (κ1) is 18.2. The van der Waals surface area contributed by atoms with E-state index in [0.29, 0.717) is 32.6 Å². The van der Waals surface area contributed by atoms with E-state index < -0.39 is 0 Å². The van der Waals surface area contributed by atoms with Gasteiger partial charge in [0.25, 0.3) is 0 Å². The molecule has 1 aromatic carbocycles. The van der Waals surface area contributed by atoms with Crippen LogP contribution >= 0.6 is 0 Å². The number of carbonyl (C=O) groups excluding carboxylic acids is 2. The van der Waals surface area contributed by atoms with E-state index in [1.54, 1.807) is 0 Å². The Balaban J connectivity index is 1.72. The van der Waals surface area contributed by atoms with Gasteiger partial charge in [0, 0.05) is 39.1 Å². The zero-order chi connectivity index (χ0) is 17.4. The van der Waals surface area contributed by atoms with E-state index in [4.69, 9.17) is 0 Å². The lowest BCUT2D eigenvalue weighted by molar-refractivity contribution is -0.132. The van der Waals surface area contributed by atoms with Crippen molar-refractivity contribution >= 4 is 17.9 Å². The Hall–Kier alpha value is -2.14. The monoisotopic (exact) mass is 329 g/mol. The van der Waals surface area contributed by atoms with Crippen LogP contribution in [-0.4, -0.2) is 60.9 Å². The molecule has 1 fully saturated rings. The summed E-state index contributed by atoms with van der Waals surface area (Å²) in [6, 6.07) is 8.23. The van der Waals surface area contributed by atoms with E-state index in [-0.39, 0.29) is 11.8 Å². The first-order chi connectivity index (χ1) is 11.6. The number of hydrogen-bond acceptors (Lipinski definition) is 3. The predicted molar refractivity (Wildman–Crippen MR) is 96.5 cm³/mol. The molecule has 0 aromatic heterocycles. The molecule has 0 unspecified atom stereocenters. The van der Waals surface area contributed by atoms with Crippen molar-refractivity contribution in [2.24, 2.45) is 0 Å². The van der Waals surface area contributed by atoms with Gasteiger partial charge in [0.2, 0.25) is 11.8 Å². The normalized spacial score (nSPS) is 15.7. The highest BCUT2D eigenvalue weighted by atomic mass is 16.2. The Morgan fingerprint density at radius 1 is 1.12 bits per heavy atom. The van der Waals surface area contributed by atoms with Gasteiger partial charge in [0.15, 0.2) is 0 Å². The summed E-state index contributed by atoms with van der Waals surface area (Å²) in [7, 11) is 0. The van der Waals surface area contributed by atoms with Crippen LogP contribution in [0.5, 0.6) is 0 Å². The molecule has 0 spiro atoms. The lowest BCUT2D eigenvalue weighted by Crippen LogP contribution is -2.51. The average Bonchev–Trinajstić information content (AvgIpc) is 2.57. The summed E-state index contributed by atoms with van der Waals surface area (Å²) in [6.45, 7) is 7.94. The highest BCUT2D eigenvalue weighted by molar-refractivity contribution is 5.79. The topological polar surface area (TPSA) is 52.7 Å². The first-order valence-electron chi connectivity index (χ1n) is 8.58. The zero-order valence-corrected chi connectivity index (χ0v) is 14.6. The number of likely N-dealkylation sites (N-methyl/N-ethyl adjacent to an activating group) is 1. The van der Waals surface area contributed by atoms with Gasteiger partial charge >= 0.3 is 0 Å². The number of nitrogens with one attached hydrogen (secondary N) is 1. The molecule has 5 heteroatoms. The molecule has 1 aromatic rings. The fraction of sp³-hybridized carbons (Fsp3) is 0.474. The minimum absolute atomic E-state index is 0.0540. The first-order valence-corrected chi connectivity index (χ1v) is 8.58. The van der Waals surface area contributed by atoms with Crippen LogP contribution in [0.4, 0.5) is 0 Å². The fourth-order valence-corrected chi connectivity index (χ4v) is 2.71. The van der Waals surface area contributed by atoms with Crippen LogP contribution in [0, 0.1) is 6.92 Å². The SMILES string of the molecule is CCNC(=O)CN1CCN(C(=O)CC=Cc2ccc(C)cc2)CC1. The molecule has 0 radical (unpaired) electrons. The van der Waals surface area contributed by atoms with E-state index in [9.17, 15) is 9.59 Å². The van der Waals surface area contributed by atoms with Gasteiger partial charge in [-0.25, -0.2) is 0 Å². The molecule has 130 valence electrons. The second kappa shape index (κ2) is 9.23. The smallest absolute Gasteiger partial charge is 0.234 e. The third kappa shape index (κ3) is 5.81. The maximum Gasteiger partial charge on any atom is 0.234 e. The van der Waals surface area contributed by atoms with Gasteiger partial charge in [-0.1, -0.05) is 42.0 Å². The minimum Gasteiger partial charge on any atom is -0.355 e. The molecular formula is C19H27N3O2. The minimum atomic E-state index is 0.0540. The largest absolute Gasteiger partial charge is 0.355 e. The number of piperazine rings is 1. The van der Waals surface area contributed by atoms with Crippen LogP contribution < -0.4 is 5.32 Å². The number of amides is 2. The Kier molecular flexibility index (Phi) is 7.00. The van der Waals surface area contributed by atoms with Crippen molar-refractivity contribution in [1.82, 2.24) is 15.1 Å². The molecular weight excluding hydrogens is 302 g/mol. The van der Waals surface area contributed by atoms with E-state index in [1.807, 2.05) is 24.0 Å². The second-order valence-corrected chi connectivity index (χ2v) is 6.13. The van der Waals surface area contributed by atoms with Crippen molar-refractivity contribution in [1.29, 1.82) is 0 Å². The molecule has 1 saturated heterocycles. The van der Waals surface area contributed by atoms with Crippen molar-refractivity contribution in [3.8, 4) is 0 Å². The highest BCUT2D eigenvalue weighted by Gasteiger charge is 2.21. The van der Waals surface area contributed by atoms with E-state index in [2.05, 4.69) is 41.4 Å². The molecule has 0 bridgehead atoms. The Morgan fingerprint density at radius 2 is 1.79 bits per heavy atom. The summed E-state index contributed by atoms with van der Waals surface area (Å²) in [5.41, 5.74) is 2.34. The molecule has 0 atom stereocenters. The Labute approximate surface area is 144 Å². The van der Waals surface area contributed by atoms with Crippen LogP contribution in [0.1, 0.15) is 24.5 Å². The third-order valence-electron chi connectivity index (χ3n) is 4.15. The lowest BCUT2D eigenvalue weighted by Gasteiger charge is -2.34. The van der Waals surface area contributed by atoms with Crippen molar-refractivity contribution in [3.63, 3.8) is 0 Å². The van der Waals surface area contributed by atoms with Crippen molar-refractivity contribution < 1.29 is 9.59 Å².